The van der Waals surface area contributed by atoms with Crippen LogP contribution in [0.1, 0.15) is 22.2 Å². The first-order valence-electron chi connectivity index (χ1n) is 5.58. The molecule has 0 bridgehead atoms. The molecule has 0 amide bonds. The number of hydrogen-bond acceptors (Lipinski definition) is 3. The summed E-state index contributed by atoms with van der Waals surface area (Å²) in [6.45, 7) is 0.715. The number of aromatic nitrogens is 1. The number of para-hydroxylation sites is 1. The Morgan fingerprint density at radius 1 is 1.41 bits per heavy atom. The average molecular weight is 266 g/mol. The summed E-state index contributed by atoms with van der Waals surface area (Å²) in [5, 5.41) is 3.16. The maximum atomic E-state index is 5.77. The maximum Gasteiger partial charge on any atom is 0.122 e. The van der Waals surface area contributed by atoms with Gasteiger partial charge in [-0.05, 0) is 18.1 Å². The van der Waals surface area contributed by atoms with Crippen molar-refractivity contribution in [3.05, 3.63) is 45.9 Å². The molecule has 0 radical (unpaired) electrons. The van der Waals surface area contributed by atoms with E-state index in [0.29, 0.717) is 18.4 Å². The fourth-order valence-corrected chi connectivity index (χ4v) is 3.19. The van der Waals surface area contributed by atoms with Gasteiger partial charge in [0.2, 0.25) is 0 Å². The normalized spacial score (nSPS) is 18.5. The van der Waals surface area contributed by atoms with Crippen molar-refractivity contribution in [2.45, 2.75) is 18.2 Å². The van der Waals surface area contributed by atoms with Crippen LogP contribution in [0.2, 0.25) is 0 Å². The SMILES string of the molecule is ClCc1csc(C2COc3ccccc3C2)n1. The Bertz CT molecular complexity index is 526. The molecule has 88 valence electrons. The van der Waals surface area contributed by atoms with E-state index in [4.69, 9.17) is 16.3 Å². The minimum atomic E-state index is 0.367. The Labute approximate surface area is 109 Å². The predicted octanol–water partition coefficient (Wildman–Crippen LogP) is 3.60. The van der Waals surface area contributed by atoms with Gasteiger partial charge in [0, 0.05) is 11.3 Å². The number of benzene rings is 1. The van der Waals surface area contributed by atoms with E-state index in [1.54, 1.807) is 11.3 Å². The van der Waals surface area contributed by atoms with Crippen molar-refractivity contribution in [3.63, 3.8) is 0 Å². The van der Waals surface area contributed by atoms with E-state index >= 15 is 0 Å². The Morgan fingerprint density at radius 3 is 3.12 bits per heavy atom. The Hall–Kier alpha value is -1.06. The molecule has 1 aliphatic heterocycles. The third kappa shape index (κ3) is 2.17. The number of hydrogen-bond donors (Lipinski definition) is 0. The number of fused-ring (bicyclic) bond motifs is 1. The van der Waals surface area contributed by atoms with Crippen LogP contribution in [0.3, 0.4) is 0 Å². The molecule has 17 heavy (non-hydrogen) atoms. The minimum Gasteiger partial charge on any atom is -0.493 e. The molecule has 1 atom stereocenters. The van der Waals surface area contributed by atoms with Crippen LogP contribution in [0.15, 0.2) is 29.6 Å². The third-order valence-electron chi connectivity index (χ3n) is 2.93. The van der Waals surface area contributed by atoms with Crippen molar-refractivity contribution in [1.82, 2.24) is 4.98 Å². The van der Waals surface area contributed by atoms with Gasteiger partial charge in [0.1, 0.15) is 5.75 Å². The number of ether oxygens (including phenoxy) is 1. The largest absolute Gasteiger partial charge is 0.493 e. The van der Waals surface area contributed by atoms with Gasteiger partial charge < -0.3 is 4.74 Å². The summed E-state index contributed by atoms with van der Waals surface area (Å²) in [4.78, 5) is 4.53. The third-order valence-corrected chi connectivity index (χ3v) is 4.26. The molecule has 0 saturated carbocycles. The highest BCUT2D eigenvalue weighted by Crippen LogP contribution is 2.33. The molecule has 1 aromatic heterocycles. The number of nitrogens with zero attached hydrogens (tertiary/aromatic N) is 1. The lowest BCUT2D eigenvalue weighted by Gasteiger charge is -2.23. The summed E-state index contributed by atoms with van der Waals surface area (Å²) in [6.07, 6.45) is 1.01. The van der Waals surface area contributed by atoms with Gasteiger partial charge in [0.25, 0.3) is 0 Å². The van der Waals surface area contributed by atoms with Crippen LogP contribution in [0.5, 0.6) is 5.75 Å². The lowest BCUT2D eigenvalue weighted by atomic mass is 9.97. The maximum absolute atomic E-state index is 5.77. The quantitative estimate of drug-likeness (QED) is 0.774. The van der Waals surface area contributed by atoms with Crippen molar-refractivity contribution in [2.24, 2.45) is 0 Å². The number of alkyl halides is 1. The van der Waals surface area contributed by atoms with E-state index in [0.717, 1.165) is 22.9 Å². The molecular formula is C13H12ClNOS. The van der Waals surface area contributed by atoms with Gasteiger partial charge >= 0.3 is 0 Å². The Balaban J connectivity index is 1.84. The summed E-state index contributed by atoms with van der Waals surface area (Å²) in [7, 11) is 0. The second-order valence-corrected chi connectivity index (χ2v) is 5.29. The first-order chi connectivity index (χ1) is 8.36. The van der Waals surface area contributed by atoms with Gasteiger partial charge in [-0.15, -0.1) is 22.9 Å². The molecule has 0 saturated heterocycles. The van der Waals surface area contributed by atoms with Crippen LogP contribution < -0.4 is 4.74 Å². The van der Waals surface area contributed by atoms with Gasteiger partial charge in [-0.3, -0.25) is 0 Å². The Kier molecular flexibility index (Phi) is 3.04. The lowest BCUT2D eigenvalue weighted by Crippen LogP contribution is -2.18. The van der Waals surface area contributed by atoms with Crippen LogP contribution in [0.4, 0.5) is 0 Å². The summed E-state index contributed by atoms with van der Waals surface area (Å²) >= 11 is 7.45. The van der Waals surface area contributed by atoms with Crippen LogP contribution in [-0.4, -0.2) is 11.6 Å². The first kappa shape index (κ1) is 11.1. The van der Waals surface area contributed by atoms with Crippen molar-refractivity contribution >= 4 is 22.9 Å². The van der Waals surface area contributed by atoms with E-state index in [-0.39, 0.29) is 0 Å². The highest BCUT2D eigenvalue weighted by Gasteiger charge is 2.23. The Morgan fingerprint density at radius 2 is 2.29 bits per heavy atom. The van der Waals surface area contributed by atoms with Crippen LogP contribution in [0, 0.1) is 0 Å². The zero-order valence-electron chi connectivity index (χ0n) is 9.23. The molecule has 1 unspecified atom stereocenters. The monoisotopic (exact) mass is 265 g/mol. The second kappa shape index (κ2) is 4.67. The van der Waals surface area contributed by atoms with E-state index in [2.05, 4.69) is 17.1 Å². The summed E-state index contributed by atoms with van der Waals surface area (Å²) in [5.74, 6) is 1.87. The number of rotatable bonds is 2. The van der Waals surface area contributed by atoms with E-state index in [1.807, 2.05) is 17.5 Å². The van der Waals surface area contributed by atoms with Crippen molar-refractivity contribution < 1.29 is 4.74 Å². The molecule has 0 fully saturated rings. The highest BCUT2D eigenvalue weighted by molar-refractivity contribution is 7.09. The topological polar surface area (TPSA) is 22.1 Å². The van der Waals surface area contributed by atoms with Gasteiger partial charge in [-0.2, -0.15) is 0 Å². The van der Waals surface area contributed by atoms with E-state index < -0.39 is 0 Å². The predicted molar refractivity (Wildman–Crippen MR) is 70.1 cm³/mol. The first-order valence-corrected chi connectivity index (χ1v) is 6.99. The summed E-state index contributed by atoms with van der Waals surface area (Å²) in [5.41, 5.74) is 2.23. The van der Waals surface area contributed by atoms with Crippen molar-refractivity contribution in [2.75, 3.05) is 6.61 Å². The van der Waals surface area contributed by atoms with Gasteiger partial charge in [-0.1, -0.05) is 18.2 Å². The molecule has 0 spiro atoms. The molecule has 4 heteroatoms. The molecule has 1 aliphatic rings. The highest BCUT2D eigenvalue weighted by atomic mass is 35.5. The zero-order valence-corrected chi connectivity index (χ0v) is 10.8. The molecule has 0 aliphatic carbocycles. The fraction of sp³-hybridized carbons (Fsp3) is 0.308. The molecule has 2 heterocycles. The zero-order chi connectivity index (χ0) is 11.7. The molecule has 2 nitrogen and oxygen atoms in total. The molecule has 1 aromatic carbocycles. The molecule has 3 rings (SSSR count). The lowest BCUT2D eigenvalue weighted by molar-refractivity contribution is 0.262. The van der Waals surface area contributed by atoms with Crippen molar-refractivity contribution in [1.29, 1.82) is 0 Å². The van der Waals surface area contributed by atoms with E-state index in [1.165, 1.54) is 5.56 Å². The summed E-state index contributed by atoms with van der Waals surface area (Å²) in [6, 6.07) is 8.21. The average Bonchev–Trinajstić information content (AvgIpc) is 2.87. The molecular weight excluding hydrogens is 254 g/mol. The van der Waals surface area contributed by atoms with Crippen molar-refractivity contribution in [3.8, 4) is 5.75 Å². The smallest absolute Gasteiger partial charge is 0.122 e. The minimum absolute atomic E-state index is 0.367. The molecule has 2 aromatic rings. The van der Waals surface area contributed by atoms with Gasteiger partial charge in [0.15, 0.2) is 0 Å². The fourth-order valence-electron chi connectivity index (χ4n) is 2.06. The second-order valence-electron chi connectivity index (χ2n) is 4.13. The molecule has 0 N–H and O–H groups in total. The van der Waals surface area contributed by atoms with Crippen LogP contribution >= 0.6 is 22.9 Å². The van der Waals surface area contributed by atoms with Crippen LogP contribution in [-0.2, 0) is 12.3 Å². The number of halogens is 1. The van der Waals surface area contributed by atoms with Gasteiger partial charge in [0.05, 0.1) is 23.2 Å². The van der Waals surface area contributed by atoms with Crippen LogP contribution in [0.25, 0.3) is 0 Å². The van der Waals surface area contributed by atoms with E-state index in [9.17, 15) is 0 Å². The van der Waals surface area contributed by atoms with Gasteiger partial charge in [-0.25, -0.2) is 4.98 Å². The summed E-state index contributed by atoms with van der Waals surface area (Å²) < 4.78 is 5.77. The number of thiazole rings is 1. The standard InChI is InChI=1S/C13H12ClNOS/c14-6-11-8-17-13(15-11)10-5-9-3-1-2-4-12(9)16-7-10/h1-4,8,10H,5-7H2.